The zero-order valence-corrected chi connectivity index (χ0v) is 8.98. The molecule has 3 N–H and O–H groups in total. The van der Waals surface area contributed by atoms with Crippen LogP contribution in [0.25, 0.3) is 0 Å². The normalized spacial score (nSPS) is 18.6. The minimum absolute atomic E-state index is 0.516. The first-order chi connectivity index (χ1) is 8.30. The second kappa shape index (κ2) is 5.98. The average molecular weight is 272 g/mol. The molecular weight excluding hydrogens is 261 g/mol. The Kier molecular flexibility index (Phi) is 4.87. The van der Waals surface area contributed by atoms with Crippen molar-refractivity contribution >= 4 is 11.7 Å². The molecule has 0 saturated carbocycles. The molecule has 104 valence electrons. The summed E-state index contributed by atoms with van der Waals surface area (Å²) >= 11 is 0. The van der Waals surface area contributed by atoms with Crippen molar-refractivity contribution in [2.24, 2.45) is 5.16 Å². The first kappa shape index (κ1) is 14.7. The Morgan fingerprint density at radius 2 is 2.06 bits per heavy atom. The van der Waals surface area contributed by atoms with Crippen molar-refractivity contribution in [1.82, 2.24) is 5.32 Å². The van der Waals surface area contributed by atoms with Crippen molar-refractivity contribution < 1.29 is 37.8 Å². The molecule has 1 heterocycles. The van der Waals surface area contributed by atoms with E-state index in [2.05, 4.69) is 20.0 Å². The van der Waals surface area contributed by atoms with Crippen LogP contribution in [0.5, 0.6) is 0 Å². The van der Waals surface area contributed by atoms with Crippen LogP contribution in [-0.4, -0.2) is 60.2 Å². The van der Waals surface area contributed by atoms with Crippen LogP contribution in [-0.2, 0) is 14.4 Å². The lowest BCUT2D eigenvalue weighted by Crippen LogP contribution is -2.43. The monoisotopic (exact) mass is 272 g/mol. The number of nitrogens with one attached hydrogen (secondary N) is 1. The lowest BCUT2D eigenvalue weighted by atomic mass is 10.2. The van der Waals surface area contributed by atoms with E-state index in [1.54, 1.807) is 0 Å². The molecule has 0 aromatic heterocycles. The van der Waals surface area contributed by atoms with Gasteiger partial charge in [-0.25, -0.2) is 4.79 Å². The lowest BCUT2D eigenvalue weighted by molar-refractivity contribution is -0.233. The summed E-state index contributed by atoms with van der Waals surface area (Å²) in [5, 5.41) is 24.4. The van der Waals surface area contributed by atoms with Crippen LogP contribution >= 0.6 is 0 Å². The Bertz CT molecular complexity index is 327. The number of carbonyl (C=O) groups excluding carboxylic acids is 1. The predicted molar refractivity (Wildman–Crippen MR) is 50.4 cm³/mol. The Labute approximate surface area is 99.2 Å². The molecule has 0 aromatic rings. The minimum Gasteiger partial charge on any atom is -0.426 e. The summed E-state index contributed by atoms with van der Waals surface area (Å²) in [6.45, 7) is 0.430. The van der Waals surface area contributed by atoms with Gasteiger partial charge in [-0.2, -0.15) is 13.2 Å². The van der Waals surface area contributed by atoms with Crippen LogP contribution in [0.1, 0.15) is 0 Å². The van der Waals surface area contributed by atoms with Gasteiger partial charge in [-0.3, -0.25) is 0 Å². The quantitative estimate of drug-likeness (QED) is 0.328. The van der Waals surface area contributed by atoms with Crippen LogP contribution < -0.4 is 5.32 Å². The Balaban J connectivity index is 2.27. The van der Waals surface area contributed by atoms with Gasteiger partial charge in [0, 0.05) is 13.1 Å². The number of rotatable bonds is 5. The third-order valence-corrected chi connectivity index (χ3v) is 1.89. The standard InChI is InChI=1S/C8H11F3N2O5/c9-8(10,11)7(16)18-6(15)5(14)3-17-13-4-1-12-2-4/h5-6,12,14-15H,1-3H2/t5-,6?/m1/s1. The van der Waals surface area contributed by atoms with Crippen LogP contribution in [0.4, 0.5) is 13.2 Å². The molecule has 0 aromatic carbocycles. The Morgan fingerprint density at radius 3 is 2.50 bits per heavy atom. The minimum atomic E-state index is -5.24. The summed E-state index contributed by atoms with van der Waals surface area (Å²) in [4.78, 5) is 14.9. The van der Waals surface area contributed by atoms with Crippen molar-refractivity contribution in [1.29, 1.82) is 0 Å². The van der Waals surface area contributed by atoms with E-state index in [0.717, 1.165) is 0 Å². The number of halogens is 3. The van der Waals surface area contributed by atoms with Gasteiger partial charge in [0.15, 0.2) is 6.10 Å². The van der Waals surface area contributed by atoms with Crippen molar-refractivity contribution in [2.75, 3.05) is 19.7 Å². The molecule has 1 aliphatic heterocycles. The second-order valence-electron chi connectivity index (χ2n) is 3.42. The summed E-state index contributed by atoms with van der Waals surface area (Å²) in [6.07, 6.45) is -9.40. The van der Waals surface area contributed by atoms with Gasteiger partial charge in [-0.05, 0) is 0 Å². The van der Waals surface area contributed by atoms with Gasteiger partial charge in [-0.15, -0.1) is 0 Å². The molecule has 1 fully saturated rings. The molecule has 10 heteroatoms. The van der Waals surface area contributed by atoms with Crippen LogP contribution in [0.15, 0.2) is 5.16 Å². The summed E-state index contributed by atoms with van der Waals surface area (Å²) in [5.41, 5.74) is 0.656. The zero-order chi connectivity index (χ0) is 13.8. The number of hydrogen-bond donors (Lipinski definition) is 3. The van der Waals surface area contributed by atoms with E-state index in [4.69, 9.17) is 10.2 Å². The molecule has 0 spiro atoms. The second-order valence-corrected chi connectivity index (χ2v) is 3.42. The van der Waals surface area contributed by atoms with Crippen molar-refractivity contribution in [3.8, 4) is 0 Å². The van der Waals surface area contributed by atoms with Gasteiger partial charge in [0.05, 0.1) is 5.71 Å². The van der Waals surface area contributed by atoms with E-state index in [-0.39, 0.29) is 0 Å². The average Bonchev–Trinajstić information content (AvgIpc) is 2.19. The highest BCUT2D eigenvalue weighted by Gasteiger charge is 2.43. The summed E-state index contributed by atoms with van der Waals surface area (Å²) < 4.78 is 38.8. The summed E-state index contributed by atoms with van der Waals surface area (Å²) in [5.74, 6) is -2.59. The molecule has 0 amide bonds. The number of carbonyl (C=O) groups is 1. The predicted octanol–water partition coefficient (Wildman–Crippen LogP) is -1.25. The van der Waals surface area contributed by atoms with Crippen molar-refractivity contribution in [2.45, 2.75) is 18.6 Å². The number of alkyl halides is 3. The van der Waals surface area contributed by atoms with E-state index in [1.807, 2.05) is 0 Å². The van der Waals surface area contributed by atoms with E-state index in [9.17, 15) is 18.0 Å². The molecule has 2 atom stereocenters. The molecule has 1 rings (SSSR count). The first-order valence-electron chi connectivity index (χ1n) is 4.83. The topological polar surface area (TPSA) is 100 Å². The number of aliphatic hydroxyl groups excluding tert-OH is 2. The maximum atomic E-state index is 11.8. The maximum absolute atomic E-state index is 11.8. The Hall–Kier alpha value is -1.39. The number of hydrogen-bond acceptors (Lipinski definition) is 7. The van der Waals surface area contributed by atoms with Gasteiger partial charge in [0.25, 0.3) is 0 Å². The zero-order valence-electron chi connectivity index (χ0n) is 8.98. The molecule has 1 saturated heterocycles. The maximum Gasteiger partial charge on any atom is 0.491 e. The number of oxime groups is 1. The first-order valence-corrected chi connectivity index (χ1v) is 4.83. The van der Waals surface area contributed by atoms with Gasteiger partial charge < -0.3 is 25.1 Å². The fourth-order valence-corrected chi connectivity index (χ4v) is 0.844. The van der Waals surface area contributed by atoms with Crippen LogP contribution in [0.3, 0.4) is 0 Å². The fraction of sp³-hybridized carbons (Fsp3) is 0.750. The molecule has 0 aliphatic carbocycles. The van der Waals surface area contributed by atoms with Crippen molar-refractivity contribution in [3.63, 3.8) is 0 Å². The molecule has 1 aliphatic rings. The third kappa shape index (κ3) is 4.47. The van der Waals surface area contributed by atoms with Gasteiger partial charge in [0.2, 0.25) is 6.29 Å². The largest absolute Gasteiger partial charge is 0.491 e. The van der Waals surface area contributed by atoms with Gasteiger partial charge >= 0.3 is 12.1 Å². The smallest absolute Gasteiger partial charge is 0.426 e. The van der Waals surface area contributed by atoms with E-state index >= 15 is 0 Å². The van der Waals surface area contributed by atoms with Crippen LogP contribution in [0.2, 0.25) is 0 Å². The van der Waals surface area contributed by atoms with E-state index in [0.29, 0.717) is 18.8 Å². The summed E-state index contributed by atoms with van der Waals surface area (Å²) in [7, 11) is 0. The lowest BCUT2D eigenvalue weighted by Gasteiger charge is -2.19. The molecule has 7 nitrogen and oxygen atoms in total. The number of nitrogens with zero attached hydrogens (tertiary/aromatic N) is 1. The molecule has 1 unspecified atom stereocenters. The Morgan fingerprint density at radius 1 is 1.44 bits per heavy atom. The highest BCUT2D eigenvalue weighted by atomic mass is 19.4. The molecular formula is C8H11F3N2O5. The molecule has 0 radical (unpaired) electrons. The number of ether oxygens (including phenoxy) is 1. The molecule has 18 heavy (non-hydrogen) atoms. The SMILES string of the molecule is O=C(OC(O)[C@H](O)CON=C1CNC1)C(F)(F)F. The van der Waals surface area contributed by atoms with Gasteiger partial charge in [-0.1, -0.05) is 5.16 Å². The number of aliphatic hydroxyl groups is 2. The fourth-order valence-electron chi connectivity index (χ4n) is 0.844. The third-order valence-electron chi connectivity index (χ3n) is 1.89. The highest BCUT2D eigenvalue weighted by molar-refractivity contribution is 5.92. The molecule has 0 bridgehead atoms. The van der Waals surface area contributed by atoms with E-state index < -0.39 is 31.1 Å². The van der Waals surface area contributed by atoms with Crippen molar-refractivity contribution in [3.05, 3.63) is 0 Å². The highest BCUT2D eigenvalue weighted by Crippen LogP contribution is 2.17. The van der Waals surface area contributed by atoms with Crippen LogP contribution in [0, 0.1) is 0 Å². The van der Waals surface area contributed by atoms with Gasteiger partial charge in [0.1, 0.15) is 6.61 Å². The van der Waals surface area contributed by atoms with E-state index in [1.165, 1.54) is 0 Å². The summed E-state index contributed by atoms with van der Waals surface area (Å²) in [6, 6.07) is 0. The number of esters is 1.